The maximum Gasteiger partial charge on any atom is 0.276 e. The van der Waals surface area contributed by atoms with E-state index in [4.69, 9.17) is 4.52 Å². The molecule has 116 valence electrons. The molecule has 0 saturated carbocycles. The fraction of sp³-hybridized carbons (Fsp3) is 0.444. The van der Waals surface area contributed by atoms with Gasteiger partial charge in [-0.05, 0) is 24.8 Å². The van der Waals surface area contributed by atoms with E-state index in [0.717, 1.165) is 31.6 Å². The second kappa shape index (κ2) is 6.34. The van der Waals surface area contributed by atoms with Crippen LogP contribution in [0.1, 0.15) is 54.4 Å². The average Bonchev–Trinajstić information content (AvgIpc) is 3.17. The minimum absolute atomic E-state index is 0.00548. The van der Waals surface area contributed by atoms with Crippen molar-refractivity contribution in [2.45, 2.75) is 45.1 Å². The molecule has 1 aromatic carbocycles. The zero-order valence-electron chi connectivity index (χ0n) is 13.2. The first-order chi connectivity index (χ1) is 10.6. The van der Waals surface area contributed by atoms with E-state index in [-0.39, 0.29) is 17.9 Å². The summed E-state index contributed by atoms with van der Waals surface area (Å²) in [5.41, 5.74) is 1.71. The van der Waals surface area contributed by atoms with Gasteiger partial charge in [0.1, 0.15) is 5.76 Å². The van der Waals surface area contributed by atoms with Gasteiger partial charge in [-0.3, -0.25) is 4.79 Å². The molecule has 3 rings (SSSR count). The number of benzene rings is 1. The number of nitrogens with zero attached hydrogens (tertiary/aromatic N) is 2. The summed E-state index contributed by atoms with van der Waals surface area (Å²) in [5, 5.41) is 3.96. The molecule has 0 aliphatic carbocycles. The Kier molecular flexibility index (Phi) is 4.27. The van der Waals surface area contributed by atoms with Crippen LogP contribution in [0.2, 0.25) is 0 Å². The second-order valence-electron chi connectivity index (χ2n) is 6.25. The number of hydrogen-bond acceptors (Lipinski definition) is 3. The van der Waals surface area contributed by atoms with Crippen LogP contribution in [-0.2, 0) is 6.42 Å². The fourth-order valence-electron chi connectivity index (χ4n) is 3.01. The Morgan fingerprint density at radius 1 is 1.36 bits per heavy atom. The molecule has 1 aromatic heterocycles. The van der Waals surface area contributed by atoms with Gasteiger partial charge in [0.15, 0.2) is 5.69 Å². The lowest BCUT2D eigenvalue weighted by atomic mass is 10.0. The minimum atomic E-state index is -0.00548. The summed E-state index contributed by atoms with van der Waals surface area (Å²) in [7, 11) is 0. The molecular weight excluding hydrogens is 276 g/mol. The number of likely N-dealkylation sites (tertiary alicyclic amines) is 1. The average molecular weight is 298 g/mol. The SMILES string of the molecule is CC(C)c1cc(C(=O)N2CCC[C@H]2Cc2ccccc2)no1. The zero-order valence-corrected chi connectivity index (χ0v) is 13.2. The Morgan fingerprint density at radius 3 is 2.82 bits per heavy atom. The van der Waals surface area contributed by atoms with Crippen molar-refractivity contribution in [2.24, 2.45) is 0 Å². The van der Waals surface area contributed by atoms with Crippen molar-refractivity contribution in [3.8, 4) is 0 Å². The predicted molar refractivity (Wildman–Crippen MR) is 84.8 cm³/mol. The van der Waals surface area contributed by atoms with Gasteiger partial charge in [-0.2, -0.15) is 0 Å². The summed E-state index contributed by atoms with van der Waals surface area (Å²) in [5.74, 6) is 1.00. The lowest BCUT2D eigenvalue weighted by Gasteiger charge is -2.23. The fourth-order valence-corrected chi connectivity index (χ4v) is 3.01. The van der Waals surface area contributed by atoms with E-state index in [2.05, 4.69) is 17.3 Å². The highest BCUT2D eigenvalue weighted by atomic mass is 16.5. The highest BCUT2D eigenvalue weighted by molar-refractivity contribution is 5.92. The summed E-state index contributed by atoms with van der Waals surface area (Å²) in [6.45, 7) is 4.87. The molecule has 0 spiro atoms. The van der Waals surface area contributed by atoms with Crippen LogP contribution in [0.4, 0.5) is 0 Å². The number of carbonyl (C=O) groups excluding carboxylic acids is 1. The molecule has 0 bridgehead atoms. The van der Waals surface area contributed by atoms with E-state index in [9.17, 15) is 4.79 Å². The van der Waals surface area contributed by atoms with Gasteiger partial charge in [-0.25, -0.2) is 0 Å². The van der Waals surface area contributed by atoms with Crippen LogP contribution in [0.25, 0.3) is 0 Å². The summed E-state index contributed by atoms with van der Waals surface area (Å²) in [6.07, 6.45) is 3.01. The van der Waals surface area contributed by atoms with E-state index in [1.807, 2.05) is 36.9 Å². The van der Waals surface area contributed by atoms with Crippen LogP contribution in [0.5, 0.6) is 0 Å². The van der Waals surface area contributed by atoms with E-state index < -0.39 is 0 Å². The highest BCUT2D eigenvalue weighted by Gasteiger charge is 2.31. The molecule has 2 aromatic rings. The van der Waals surface area contributed by atoms with Crippen molar-refractivity contribution in [1.29, 1.82) is 0 Å². The van der Waals surface area contributed by atoms with Crippen molar-refractivity contribution in [3.05, 3.63) is 53.4 Å². The third kappa shape index (κ3) is 3.06. The Morgan fingerprint density at radius 2 is 2.14 bits per heavy atom. The van der Waals surface area contributed by atoms with Crippen LogP contribution in [0.15, 0.2) is 40.9 Å². The Bertz CT molecular complexity index is 634. The highest BCUT2D eigenvalue weighted by Crippen LogP contribution is 2.24. The van der Waals surface area contributed by atoms with E-state index in [1.165, 1.54) is 5.56 Å². The first kappa shape index (κ1) is 14.8. The van der Waals surface area contributed by atoms with Gasteiger partial charge in [0.05, 0.1) is 0 Å². The number of aromatic nitrogens is 1. The first-order valence-electron chi connectivity index (χ1n) is 7.96. The molecule has 1 fully saturated rings. The minimum Gasteiger partial charge on any atom is -0.360 e. The number of amides is 1. The van der Waals surface area contributed by atoms with Gasteiger partial charge < -0.3 is 9.42 Å². The third-order valence-corrected chi connectivity index (χ3v) is 4.27. The first-order valence-corrected chi connectivity index (χ1v) is 7.96. The van der Waals surface area contributed by atoms with Crippen molar-refractivity contribution >= 4 is 5.91 Å². The summed E-state index contributed by atoms with van der Waals surface area (Å²) >= 11 is 0. The Labute approximate surface area is 131 Å². The molecule has 0 unspecified atom stereocenters. The van der Waals surface area contributed by atoms with Gasteiger partial charge in [0.25, 0.3) is 5.91 Å². The number of hydrogen-bond donors (Lipinski definition) is 0. The van der Waals surface area contributed by atoms with Gasteiger partial charge in [-0.1, -0.05) is 49.3 Å². The van der Waals surface area contributed by atoms with Crippen LogP contribution >= 0.6 is 0 Å². The monoisotopic (exact) mass is 298 g/mol. The molecule has 1 aliphatic heterocycles. The Hall–Kier alpha value is -2.10. The van der Waals surface area contributed by atoms with E-state index >= 15 is 0 Å². The lowest BCUT2D eigenvalue weighted by molar-refractivity contribution is 0.0726. The van der Waals surface area contributed by atoms with Crippen LogP contribution in [-0.4, -0.2) is 28.6 Å². The number of carbonyl (C=O) groups is 1. The van der Waals surface area contributed by atoms with Crippen molar-refractivity contribution in [1.82, 2.24) is 10.1 Å². The van der Waals surface area contributed by atoms with Crippen molar-refractivity contribution in [3.63, 3.8) is 0 Å². The lowest BCUT2D eigenvalue weighted by Crippen LogP contribution is -2.37. The number of rotatable bonds is 4. The molecule has 1 amide bonds. The molecule has 0 radical (unpaired) electrons. The van der Waals surface area contributed by atoms with Crippen LogP contribution < -0.4 is 0 Å². The van der Waals surface area contributed by atoms with Crippen LogP contribution in [0, 0.1) is 0 Å². The molecule has 1 aliphatic rings. The quantitative estimate of drug-likeness (QED) is 0.865. The molecule has 22 heavy (non-hydrogen) atoms. The topological polar surface area (TPSA) is 46.3 Å². The second-order valence-corrected chi connectivity index (χ2v) is 6.25. The van der Waals surface area contributed by atoms with E-state index in [0.29, 0.717) is 5.69 Å². The zero-order chi connectivity index (χ0) is 15.5. The summed E-state index contributed by atoms with van der Waals surface area (Å²) < 4.78 is 5.26. The predicted octanol–water partition coefficient (Wildman–Crippen LogP) is 3.65. The van der Waals surface area contributed by atoms with Gasteiger partial charge in [0.2, 0.25) is 0 Å². The van der Waals surface area contributed by atoms with Crippen LogP contribution in [0.3, 0.4) is 0 Å². The normalized spacial score (nSPS) is 18.1. The van der Waals surface area contributed by atoms with Gasteiger partial charge >= 0.3 is 0 Å². The van der Waals surface area contributed by atoms with Crippen molar-refractivity contribution in [2.75, 3.05) is 6.54 Å². The molecule has 2 heterocycles. The molecule has 1 saturated heterocycles. The largest absolute Gasteiger partial charge is 0.360 e. The molecule has 4 nitrogen and oxygen atoms in total. The molecule has 4 heteroatoms. The maximum absolute atomic E-state index is 12.7. The van der Waals surface area contributed by atoms with E-state index in [1.54, 1.807) is 6.07 Å². The van der Waals surface area contributed by atoms with Crippen molar-refractivity contribution < 1.29 is 9.32 Å². The summed E-state index contributed by atoms with van der Waals surface area (Å²) in [6, 6.07) is 12.4. The standard InChI is InChI=1S/C18H22N2O2/c1-13(2)17-12-16(19-22-17)18(21)20-10-6-9-15(20)11-14-7-4-3-5-8-14/h3-5,7-8,12-13,15H,6,9-11H2,1-2H3/t15-/m0/s1. The molecular formula is C18H22N2O2. The molecule has 0 N–H and O–H groups in total. The summed E-state index contributed by atoms with van der Waals surface area (Å²) in [4.78, 5) is 14.6. The third-order valence-electron chi connectivity index (χ3n) is 4.27. The maximum atomic E-state index is 12.7. The van der Waals surface area contributed by atoms with Gasteiger partial charge in [0, 0.05) is 24.6 Å². The van der Waals surface area contributed by atoms with Gasteiger partial charge in [-0.15, -0.1) is 0 Å². The molecule has 1 atom stereocenters. The Balaban J connectivity index is 1.73. The smallest absolute Gasteiger partial charge is 0.276 e.